The van der Waals surface area contributed by atoms with Crippen LogP contribution >= 0.6 is 0 Å². The van der Waals surface area contributed by atoms with Crippen molar-refractivity contribution in [3.05, 3.63) is 35.4 Å². The van der Waals surface area contributed by atoms with Crippen molar-refractivity contribution in [2.45, 2.75) is 13.0 Å². The first-order valence-electron chi connectivity index (χ1n) is 3.77. The molecule has 0 saturated heterocycles. The van der Waals surface area contributed by atoms with Crippen LogP contribution in [-0.2, 0) is 4.74 Å². The minimum Gasteiger partial charge on any atom is -0.362 e. The van der Waals surface area contributed by atoms with Crippen molar-refractivity contribution in [2.24, 2.45) is 0 Å². The van der Waals surface area contributed by atoms with E-state index in [4.69, 9.17) is 10.00 Å². The Kier molecular flexibility index (Phi) is 2.84. The van der Waals surface area contributed by atoms with Crippen LogP contribution in [0.5, 0.6) is 0 Å². The van der Waals surface area contributed by atoms with E-state index in [1.807, 2.05) is 31.2 Å². The molecule has 62 valence electrons. The van der Waals surface area contributed by atoms with Crippen molar-refractivity contribution in [1.29, 1.82) is 5.26 Å². The van der Waals surface area contributed by atoms with E-state index in [1.54, 1.807) is 7.11 Å². The number of hydrogen-bond acceptors (Lipinski definition) is 2. The summed E-state index contributed by atoms with van der Waals surface area (Å²) in [5, 5.41) is 8.73. The van der Waals surface area contributed by atoms with Gasteiger partial charge in [-0.3, -0.25) is 0 Å². The molecule has 0 saturated carbocycles. The normalized spacial score (nSPS) is 12.1. The van der Waals surface area contributed by atoms with Crippen molar-refractivity contribution >= 4 is 0 Å². The van der Waals surface area contributed by atoms with Crippen LogP contribution < -0.4 is 0 Å². The van der Waals surface area contributed by atoms with Gasteiger partial charge in [-0.15, -0.1) is 0 Å². The fourth-order valence-corrected chi connectivity index (χ4v) is 1.13. The highest BCUT2D eigenvalue weighted by atomic mass is 16.5. The largest absolute Gasteiger partial charge is 0.362 e. The molecule has 2 heteroatoms. The summed E-state index contributed by atoms with van der Waals surface area (Å²) in [4.78, 5) is 0. The highest BCUT2D eigenvalue weighted by Crippen LogP contribution is 2.18. The Morgan fingerprint density at radius 2 is 2.08 bits per heavy atom. The molecule has 0 unspecified atom stereocenters. The molecule has 0 amide bonds. The lowest BCUT2D eigenvalue weighted by atomic mass is 10.0. The van der Waals surface area contributed by atoms with E-state index in [-0.39, 0.29) is 0 Å². The lowest BCUT2D eigenvalue weighted by Gasteiger charge is -2.09. The lowest BCUT2D eigenvalue weighted by molar-refractivity contribution is 0.148. The number of aryl methyl sites for hydroxylation is 1. The predicted molar refractivity (Wildman–Crippen MR) is 46.5 cm³/mol. The molecule has 0 spiro atoms. The average Bonchev–Trinajstić information content (AvgIpc) is 2.10. The van der Waals surface area contributed by atoms with Crippen molar-refractivity contribution in [3.63, 3.8) is 0 Å². The maximum Gasteiger partial charge on any atom is 0.168 e. The van der Waals surface area contributed by atoms with E-state index in [9.17, 15) is 0 Å². The Balaban J connectivity index is 3.02. The Labute approximate surface area is 72.4 Å². The van der Waals surface area contributed by atoms with E-state index in [0.29, 0.717) is 0 Å². The van der Waals surface area contributed by atoms with E-state index >= 15 is 0 Å². The molecule has 1 atom stereocenters. The molecular weight excluding hydrogens is 150 g/mol. The van der Waals surface area contributed by atoms with Crippen LogP contribution in [-0.4, -0.2) is 7.11 Å². The summed E-state index contributed by atoms with van der Waals surface area (Å²) in [5.74, 6) is 0. The minimum absolute atomic E-state index is 0.439. The third kappa shape index (κ3) is 1.63. The third-order valence-electron chi connectivity index (χ3n) is 1.82. The lowest BCUT2D eigenvalue weighted by Crippen LogP contribution is -1.99. The number of rotatable bonds is 2. The molecule has 0 aliphatic carbocycles. The molecule has 0 aromatic heterocycles. The molecular formula is C10H11NO. The van der Waals surface area contributed by atoms with Crippen molar-refractivity contribution in [1.82, 2.24) is 0 Å². The van der Waals surface area contributed by atoms with Crippen molar-refractivity contribution < 1.29 is 4.74 Å². The summed E-state index contributed by atoms with van der Waals surface area (Å²) in [7, 11) is 1.54. The quantitative estimate of drug-likeness (QED) is 0.666. The number of ether oxygens (including phenoxy) is 1. The first-order chi connectivity index (χ1) is 5.79. The number of nitriles is 1. The summed E-state index contributed by atoms with van der Waals surface area (Å²) in [5.41, 5.74) is 2.04. The van der Waals surface area contributed by atoms with Gasteiger partial charge in [-0.1, -0.05) is 24.3 Å². The summed E-state index contributed by atoms with van der Waals surface area (Å²) in [6.07, 6.45) is -0.439. The Hall–Kier alpha value is -1.33. The third-order valence-corrected chi connectivity index (χ3v) is 1.82. The van der Waals surface area contributed by atoms with Crippen LogP contribution in [0.15, 0.2) is 24.3 Å². The van der Waals surface area contributed by atoms with Gasteiger partial charge < -0.3 is 4.74 Å². The Morgan fingerprint density at radius 1 is 1.42 bits per heavy atom. The fourth-order valence-electron chi connectivity index (χ4n) is 1.13. The van der Waals surface area contributed by atoms with Gasteiger partial charge in [-0.05, 0) is 18.1 Å². The molecule has 0 bridgehead atoms. The summed E-state index contributed by atoms with van der Waals surface area (Å²) < 4.78 is 5.01. The van der Waals surface area contributed by atoms with E-state index < -0.39 is 6.10 Å². The molecule has 0 aliphatic rings. The van der Waals surface area contributed by atoms with Gasteiger partial charge >= 0.3 is 0 Å². The number of methoxy groups -OCH3 is 1. The molecule has 0 N–H and O–H groups in total. The molecule has 12 heavy (non-hydrogen) atoms. The summed E-state index contributed by atoms with van der Waals surface area (Å²) in [6.45, 7) is 1.97. The smallest absolute Gasteiger partial charge is 0.168 e. The first-order valence-corrected chi connectivity index (χ1v) is 3.77. The highest BCUT2D eigenvalue weighted by molar-refractivity contribution is 5.30. The zero-order valence-electron chi connectivity index (χ0n) is 7.24. The van der Waals surface area contributed by atoms with Gasteiger partial charge in [0.05, 0.1) is 6.07 Å². The van der Waals surface area contributed by atoms with Crippen LogP contribution in [0.2, 0.25) is 0 Å². The van der Waals surface area contributed by atoms with E-state index in [2.05, 4.69) is 6.07 Å². The van der Waals surface area contributed by atoms with Gasteiger partial charge in [0.25, 0.3) is 0 Å². The maximum absolute atomic E-state index is 8.73. The van der Waals surface area contributed by atoms with E-state index in [1.165, 1.54) is 0 Å². The van der Waals surface area contributed by atoms with Gasteiger partial charge in [-0.2, -0.15) is 5.26 Å². The van der Waals surface area contributed by atoms with E-state index in [0.717, 1.165) is 11.1 Å². The minimum atomic E-state index is -0.439. The molecule has 1 aromatic rings. The summed E-state index contributed by atoms with van der Waals surface area (Å²) >= 11 is 0. The molecule has 2 nitrogen and oxygen atoms in total. The van der Waals surface area contributed by atoms with Gasteiger partial charge in [0, 0.05) is 7.11 Å². The summed E-state index contributed by atoms with van der Waals surface area (Å²) in [6, 6.07) is 9.82. The topological polar surface area (TPSA) is 33.0 Å². The van der Waals surface area contributed by atoms with Crippen molar-refractivity contribution in [2.75, 3.05) is 7.11 Å². The van der Waals surface area contributed by atoms with Gasteiger partial charge in [0.15, 0.2) is 6.10 Å². The monoisotopic (exact) mass is 161 g/mol. The molecule has 0 fully saturated rings. The first kappa shape index (κ1) is 8.76. The van der Waals surface area contributed by atoms with Crippen LogP contribution in [0.4, 0.5) is 0 Å². The Bertz CT molecular complexity index is 301. The highest BCUT2D eigenvalue weighted by Gasteiger charge is 2.09. The van der Waals surface area contributed by atoms with Crippen LogP contribution in [0.1, 0.15) is 17.2 Å². The second-order valence-corrected chi connectivity index (χ2v) is 2.60. The number of hydrogen-bond donors (Lipinski definition) is 0. The second kappa shape index (κ2) is 3.89. The standard InChI is InChI=1S/C10H11NO/c1-8-5-3-4-6-9(8)10(7-11)12-2/h3-6,10H,1-2H3/t10-/m1/s1. The molecule has 1 rings (SSSR count). The molecule has 0 heterocycles. The maximum atomic E-state index is 8.73. The zero-order valence-corrected chi connectivity index (χ0v) is 7.24. The van der Waals surface area contributed by atoms with Gasteiger partial charge in [-0.25, -0.2) is 0 Å². The van der Waals surface area contributed by atoms with Gasteiger partial charge in [0.2, 0.25) is 0 Å². The van der Waals surface area contributed by atoms with Crippen LogP contribution in [0.25, 0.3) is 0 Å². The molecule has 1 aromatic carbocycles. The number of nitrogens with zero attached hydrogens (tertiary/aromatic N) is 1. The predicted octanol–water partition coefficient (Wildman–Crippen LogP) is 2.21. The second-order valence-electron chi connectivity index (χ2n) is 2.60. The van der Waals surface area contributed by atoms with Crippen molar-refractivity contribution in [3.8, 4) is 6.07 Å². The zero-order chi connectivity index (χ0) is 8.97. The SMILES string of the molecule is CO[C@H](C#N)c1ccccc1C. The fraction of sp³-hybridized carbons (Fsp3) is 0.300. The van der Waals surface area contributed by atoms with Crippen LogP contribution in [0, 0.1) is 18.3 Å². The molecule has 0 aliphatic heterocycles. The molecule has 0 radical (unpaired) electrons. The van der Waals surface area contributed by atoms with Gasteiger partial charge in [0.1, 0.15) is 0 Å². The number of benzene rings is 1. The van der Waals surface area contributed by atoms with Crippen LogP contribution in [0.3, 0.4) is 0 Å². The Morgan fingerprint density at radius 3 is 2.58 bits per heavy atom. The average molecular weight is 161 g/mol.